The molecule has 0 bridgehead atoms. The second-order valence-electron chi connectivity index (χ2n) is 6.20. The van der Waals surface area contributed by atoms with Crippen molar-refractivity contribution in [2.24, 2.45) is 0 Å². The molecule has 2 aromatic carbocycles. The minimum absolute atomic E-state index is 0.121. The van der Waals surface area contributed by atoms with E-state index in [9.17, 15) is 18.0 Å². The van der Waals surface area contributed by atoms with E-state index in [0.29, 0.717) is 16.3 Å². The number of fused-ring (bicyclic) bond motifs is 1. The summed E-state index contributed by atoms with van der Waals surface area (Å²) in [5.41, 5.74) is 1.10. The van der Waals surface area contributed by atoms with Crippen LogP contribution in [0.5, 0.6) is 0 Å². The van der Waals surface area contributed by atoms with Crippen molar-refractivity contribution in [2.75, 3.05) is 12.1 Å². The zero-order chi connectivity index (χ0) is 19.2. The Hall–Kier alpha value is -2.25. The average Bonchev–Trinajstić information content (AvgIpc) is 2.82. The molecule has 0 amide bonds. The molecular weight excluding hydrogens is 369 g/mol. The minimum Gasteiger partial charge on any atom is -0.477 e. The monoisotopic (exact) mass is 384 g/mol. The lowest BCUT2D eigenvalue weighted by Gasteiger charge is -2.30. The molecule has 0 aromatic heterocycles. The van der Waals surface area contributed by atoms with Gasteiger partial charge in [0.15, 0.2) is 0 Å². The van der Waals surface area contributed by atoms with E-state index >= 15 is 0 Å². The fraction of sp³-hybridized carbons (Fsp3) is 0.278. The van der Waals surface area contributed by atoms with Crippen LogP contribution in [-0.4, -0.2) is 23.1 Å². The van der Waals surface area contributed by atoms with Crippen LogP contribution in [0.2, 0.25) is 5.02 Å². The zero-order valence-electron chi connectivity index (χ0n) is 14.0. The normalized spacial score (nSPS) is 17.5. The van der Waals surface area contributed by atoms with Crippen molar-refractivity contribution >= 4 is 23.3 Å². The number of rotatable bonds is 4. The van der Waals surface area contributed by atoms with Crippen LogP contribution in [0.4, 0.5) is 18.9 Å². The summed E-state index contributed by atoms with van der Waals surface area (Å²) < 4.78 is 41.4. The van der Waals surface area contributed by atoms with E-state index in [-0.39, 0.29) is 12.6 Å². The number of nitrogens with zero attached hydrogens (tertiary/aromatic N) is 2. The quantitative estimate of drug-likeness (QED) is 0.837. The molecular formula is C18H16ClF3N2O2. The van der Waals surface area contributed by atoms with Crippen molar-refractivity contribution in [3.05, 3.63) is 63.9 Å². The van der Waals surface area contributed by atoms with Gasteiger partial charge in [0.2, 0.25) is 0 Å². The van der Waals surface area contributed by atoms with Gasteiger partial charge < -0.3 is 10.1 Å². The number of hydrazine groups is 1. The number of carboxylic acids is 1. The smallest absolute Gasteiger partial charge is 0.379 e. The third-order valence-corrected chi connectivity index (χ3v) is 5.03. The van der Waals surface area contributed by atoms with Gasteiger partial charge in [-0.05, 0) is 42.3 Å². The van der Waals surface area contributed by atoms with Crippen molar-refractivity contribution in [1.82, 2.24) is 5.01 Å². The largest absolute Gasteiger partial charge is 0.477 e. The summed E-state index contributed by atoms with van der Waals surface area (Å²) in [6.07, 6.45) is 0. The fourth-order valence-corrected chi connectivity index (χ4v) is 3.22. The van der Waals surface area contributed by atoms with Gasteiger partial charge >= 0.3 is 11.9 Å². The number of halogens is 4. The van der Waals surface area contributed by atoms with Gasteiger partial charge in [0.05, 0.1) is 18.3 Å². The van der Waals surface area contributed by atoms with Gasteiger partial charge in [-0.2, -0.15) is 8.78 Å². The maximum atomic E-state index is 13.9. The molecule has 0 aliphatic carbocycles. The number of alkyl halides is 2. The first kappa shape index (κ1) is 18.5. The molecule has 1 aliphatic rings. The molecule has 2 aromatic rings. The van der Waals surface area contributed by atoms with Crippen LogP contribution >= 0.6 is 11.6 Å². The lowest BCUT2D eigenvalue weighted by molar-refractivity contribution is -0.166. The van der Waals surface area contributed by atoms with Crippen LogP contribution in [0, 0.1) is 5.82 Å². The first-order valence-corrected chi connectivity index (χ1v) is 8.20. The van der Waals surface area contributed by atoms with Crippen LogP contribution in [0.25, 0.3) is 0 Å². The van der Waals surface area contributed by atoms with E-state index in [4.69, 9.17) is 16.7 Å². The van der Waals surface area contributed by atoms with Crippen molar-refractivity contribution in [3.8, 4) is 0 Å². The molecule has 1 unspecified atom stereocenters. The summed E-state index contributed by atoms with van der Waals surface area (Å²) in [6, 6.07) is 7.62. The predicted octanol–water partition coefficient (Wildman–Crippen LogP) is 4.58. The Morgan fingerprint density at radius 2 is 1.96 bits per heavy atom. The summed E-state index contributed by atoms with van der Waals surface area (Å²) >= 11 is 6.12. The lowest BCUT2D eigenvalue weighted by atomic mass is 10.0. The first-order chi connectivity index (χ1) is 12.1. The highest BCUT2D eigenvalue weighted by Gasteiger charge is 2.43. The van der Waals surface area contributed by atoms with E-state index in [0.717, 1.165) is 17.7 Å². The van der Waals surface area contributed by atoms with Crippen molar-refractivity contribution in [1.29, 1.82) is 0 Å². The number of benzene rings is 2. The molecule has 138 valence electrons. The van der Waals surface area contributed by atoms with Crippen LogP contribution in [0.1, 0.15) is 29.7 Å². The average molecular weight is 385 g/mol. The van der Waals surface area contributed by atoms with Crippen LogP contribution in [-0.2, 0) is 17.3 Å². The Morgan fingerprint density at radius 3 is 2.62 bits per heavy atom. The van der Waals surface area contributed by atoms with E-state index in [1.54, 1.807) is 12.1 Å². The Balaban J connectivity index is 2.04. The summed E-state index contributed by atoms with van der Waals surface area (Å²) in [6.45, 7) is 2.05. The number of aliphatic carboxylic acids is 1. The fourth-order valence-electron chi connectivity index (χ4n) is 3.04. The summed E-state index contributed by atoms with van der Waals surface area (Å²) in [5, 5.41) is 12.6. The maximum absolute atomic E-state index is 13.9. The van der Waals surface area contributed by atoms with E-state index < -0.39 is 23.3 Å². The third-order valence-electron chi connectivity index (χ3n) is 4.66. The first-order valence-electron chi connectivity index (χ1n) is 7.82. The highest BCUT2D eigenvalue weighted by molar-refractivity contribution is 6.31. The lowest BCUT2D eigenvalue weighted by Crippen LogP contribution is -2.35. The van der Waals surface area contributed by atoms with Gasteiger partial charge in [-0.3, -0.25) is 0 Å². The van der Waals surface area contributed by atoms with Gasteiger partial charge in [-0.15, -0.1) is 0 Å². The van der Waals surface area contributed by atoms with Crippen LogP contribution in [0.3, 0.4) is 0 Å². The highest BCUT2D eigenvalue weighted by Crippen LogP contribution is 2.43. The van der Waals surface area contributed by atoms with Gasteiger partial charge in [-0.25, -0.2) is 14.2 Å². The predicted molar refractivity (Wildman–Crippen MR) is 91.7 cm³/mol. The van der Waals surface area contributed by atoms with E-state index in [2.05, 4.69) is 0 Å². The minimum atomic E-state index is -4.00. The molecule has 1 aliphatic heterocycles. The van der Waals surface area contributed by atoms with Crippen molar-refractivity contribution in [2.45, 2.75) is 25.4 Å². The molecule has 1 N–H and O–H groups in total. The van der Waals surface area contributed by atoms with Crippen LogP contribution < -0.4 is 5.01 Å². The Labute approximate surface area is 153 Å². The molecule has 0 saturated carbocycles. The van der Waals surface area contributed by atoms with Crippen molar-refractivity contribution in [3.63, 3.8) is 0 Å². The second kappa shape index (κ2) is 6.48. The van der Waals surface area contributed by atoms with Crippen molar-refractivity contribution < 1.29 is 23.1 Å². The van der Waals surface area contributed by atoms with Crippen LogP contribution in [0.15, 0.2) is 36.4 Å². The number of hydrogen-bond acceptors (Lipinski definition) is 3. The Morgan fingerprint density at radius 1 is 1.27 bits per heavy atom. The van der Waals surface area contributed by atoms with E-state index in [1.807, 2.05) is 11.9 Å². The van der Waals surface area contributed by atoms with Gasteiger partial charge in [0.25, 0.3) is 0 Å². The highest BCUT2D eigenvalue weighted by atomic mass is 35.5. The number of hydrogen-bond donors (Lipinski definition) is 1. The molecule has 3 rings (SSSR count). The Kier molecular flexibility index (Phi) is 4.62. The molecule has 0 fully saturated rings. The molecule has 0 spiro atoms. The molecule has 1 heterocycles. The topological polar surface area (TPSA) is 43.8 Å². The summed E-state index contributed by atoms with van der Waals surface area (Å²) in [7, 11) is 1.77. The van der Waals surface area contributed by atoms with Gasteiger partial charge in [0.1, 0.15) is 5.82 Å². The molecule has 26 heavy (non-hydrogen) atoms. The van der Waals surface area contributed by atoms with Gasteiger partial charge in [0, 0.05) is 17.6 Å². The number of anilines is 1. The molecule has 1 atom stereocenters. The Bertz CT molecular complexity index is 876. The standard InChI is InChI=1S/C18H16ClF3N2O2/c1-10-14-5-3-12(18(21,22)17(25)26)8-16(14)24(23(10)2)9-11-7-13(20)4-6-15(11)19/h3-8,10H,9H2,1-2H3,(H,25,26). The third kappa shape index (κ3) is 3.01. The molecule has 0 radical (unpaired) electrons. The molecule has 8 heteroatoms. The SMILES string of the molecule is CC1c2ccc(C(F)(F)C(=O)O)cc2N(Cc2cc(F)ccc2Cl)N1C. The zero-order valence-corrected chi connectivity index (χ0v) is 14.8. The summed E-state index contributed by atoms with van der Waals surface area (Å²) in [4.78, 5) is 10.9. The second-order valence-corrected chi connectivity index (χ2v) is 6.60. The molecule has 0 saturated heterocycles. The summed E-state index contributed by atoms with van der Waals surface area (Å²) in [5.74, 6) is -6.66. The number of carboxylic acid groups (broad SMARTS) is 1. The number of carbonyl (C=O) groups is 1. The molecule has 4 nitrogen and oxygen atoms in total. The van der Waals surface area contributed by atoms with E-state index in [1.165, 1.54) is 24.3 Å². The van der Waals surface area contributed by atoms with Gasteiger partial charge in [-0.1, -0.05) is 23.7 Å². The maximum Gasteiger partial charge on any atom is 0.379 e.